The number of carbonyl (C=O) groups is 1. The number of amides is 1. The molecule has 0 fully saturated rings. The molecule has 0 aliphatic rings. The van der Waals surface area contributed by atoms with E-state index in [-0.39, 0.29) is 5.91 Å². The van der Waals surface area contributed by atoms with Gasteiger partial charge in [0, 0.05) is 50.3 Å². The zero-order valence-corrected chi connectivity index (χ0v) is 15.1. The van der Waals surface area contributed by atoms with Crippen molar-refractivity contribution in [1.29, 1.82) is 0 Å². The van der Waals surface area contributed by atoms with Gasteiger partial charge in [0.05, 0.1) is 0 Å². The number of hydrogen-bond acceptors (Lipinski definition) is 3. The monoisotopic (exact) mass is 328 g/mol. The van der Waals surface area contributed by atoms with Crippen LogP contribution < -0.4 is 10.2 Å². The Morgan fingerprint density at radius 1 is 1.29 bits per heavy atom. The van der Waals surface area contributed by atoms with Crippen LogP contribution >= 0.6 is 0 Å². The van der Waals surface area contributed by atoms with E-state index in [9.17, 15) is 4.79 Å². The lowest BCUT2D eigenvalue weighted by molar-refractivity contribution is 0.0952. The van der Waals surface area contributed by atoms with Gasteiger partial charge in [-0.3, -0.25) is 4.79 Å². The van der Waals surface area contributed by atoms with E-state index < -0.39 is 0 Å². The highest BCUT2D eigenvalue weighted by atomic mass is 16.1. The lowest BCUT2D eigenvalue weighted by atomic mass is 10.1. The van der Waals surface area contributed by atoms with Crippen LogP contribution in [0.4, 0.5) is 5.69 Å². The summed E-state index contributed by atoms with van der Waals surface area (Å²) in [7, 11) is 2.08. The summed E-state index contributed by atoms with van der Waals surface area (Å²) in [4.78, 5) is 18.6. The highest BCUT2D eigenvalue weighted by Crippen LogP contribution is 2.15. The first-order chi connectivity index (χ1) is 11.5. The molecule has 24 heavy (non-hydrogen) atoms. The Bertz CT molecular complexity index is 646. The summed E-state index contributed by atoms with van der Waals surface area (Å²) in [5, 5.41) is 2.98. The molecule has 0 atom stereocenters. The van der Waals surface area contributed by atoms with Crippen LogP contribution in [0.2, 0.25) is 0 Å². The minimum absolute atomic E-state index is 0.0181. The Balaban J connectivity index is 1.79. The Hall–Kier alpha value is -2.30. The zero-order valence-electron chi connectivity index (χ0n) is 15.1. The minimum atomic E-state index is -0.0181. The third-order valence-corrected chi connectivity index (χ3v) is 3.99. The molecule has 5 nitrogen and oxygen atoms in total. The van der Waals surface area contributed by atoms with Crippen molar-refractivity contribution in [2.45, 2.75) is 33.7 Å². The van der Waals surface area contributed by atoms with Crippen molar-refractivity contribution in [3.63, 3.8) is 0 Å². The maximum Gasteiger partial charge on any atom is 0.251 e. The molecule has 0 bridgehead atoms. The first-order valence-corrected chi connectivity index (χ1v) is 8.54. The van der Waals surface area contributed by atoms with E-state index in [1.54, 1.807) is 6.20 Å². The number of rotatable bonds is 8. The molecular weight excluding hydrogens is 300 g/mol. The smallest absolute Gasteiger partial charge is 0.251 e. The number of aryl methyl sites for hydroxylation is 2. The highest BCUT2D eigenvalue weighted by Gasteiger charge is 2.07. The molecule has 0 aliphatic heterocycles. The second kappa shape index (κ2) is 8.52. The number of benzene rings is 1. The average Bonchev–Trinajstić information content (AvgIpc) is 2.96. The normalized spacial score (nSPS) is 10.9. The van der Waals surface area contributed by atoms with Crippen molar-refractivity contribution < 1.29 is 4.79 Å². The minimum Gasteiger partial charge on any atom is -0.374 e. The zero-order chi connectivity index (χ0) is 17.5. The molecule has 0 saturated heterocycles. The number of aromatic nitrogens is 2. The topological polar surface area (TPSA) is 50.2 Å². The van der Waals surface area contributed by atoms with E-state index in [0.29, 0.717) is 18.0 Å². The molecule has 1 amide bonds. The first-order valence-electron chi connectivity index (χ1n) is 8.54. The van der Waals surface area contributed by atoms with E-state index >= 15 is 0 Å². The lowest BCUT2D eigenvalue weighted by Gasteiger charge is -2.21. The maximum absolute atomic E-state index is 12.2. The average molecular weight is 328 g/mol. The molecule has 130 valence electrons. The van der Waals surface area contributed by atoms with Gasteiger partial charge in [0.1, 0.15) is 5.82 Å². The van der Waals surface area contributed by atoms with Crippen molar-refractivity contribution in [3.8, 4) is 0 Å². The van der Waals surface area contributed by atoms with Crippen LogP contribution in [-0.4, -0.2) is 35.6 Å². The van der Waals surface area contributed by atoms with Gasteiger partial charge in [-0.1, -0.05) is 13.8 Å². The quantitative estimate of drug-likeness (QED) is 0.758. The SMILES string of the molecule is Cc1nccn1CCCNC(=O)c1ccc(N(C)CC(C)C)cc1. The highest BCUT2D eigenvalue weighted by molar-refractivity contribution is 5.94. The van der Waals surface area contributed by atoms with Crippen molar-refractivity contribution in [3.05, 3.63) is 48.0 Å². The van der Waals surface area contributed by atoms with Gasteiger partial charge in [-0.05, 0) is 43.5 Å². The number of nitrogens with one attached hydrogen (secondary N) is 1. The van der Waals surface area contributed by atoms with Gasteiger partial charge in [-0.2, -0.15) is 0 Å². The predicted octanol–water partition coefficient (Wildman–Crippen LogP) is 3.10. The standard InChI is InChI=1S/C19H28N4O/c1-15(2)14-22(4)18-8-6-17(7-9-18)19(24)21-10-5-12-23-13-11-20-16(23)3/h6-9,11,13,15H,5,10,12,14H2,1-4H3,(H,21,24). The fraction of sp³-hybridized carbons (Fsp3) is 0.474. The Morgan fingerprint density at radius 3 is 2.58 bits per heavy atom. The van der Waals surface area contributed by atoms with Gasteiger partial charge in [-0.25, -0.2) is 4.98 Å². The van der Waals surface area contributed by atoms with E-state index in [2.05, 4.69) is 40.7 Å². The van der Waals surface area contributed by atoms with Crippen LogP contribution in [-0.2, 0) is 6.54 Å². The molecule has 1 N–H and O–H groups in total. The third-order valence-electron chi connectivity index (χ3n) is 3.99. The second-order valence-corrected chi connectivity index (χ2v) is 6.60. The largest absolute Gasteiger partial charge is 0.374 e. The molecule has 1 heterocycles. The maximum atomic E-state index is 12.2. The number of imidazole rings is 1. The lowest BCUT2D eigenvalue weighted by Crippen LogP contribution is -2.26. The molecular formula is C19H28N4O. The number of nitrogens with zero attached hydrogens (tertiary/aromatic N) is 3. The number of carbonyl (C=O) groups excluding carboxylic acids is 1. The van der Waals surface area contributed by atoms with Crippen molar-refractivity contribution in [2.24, 2.45) is 5.92 Å². The van der Waals surface area contributed by atoms with Crippen molar-refractivity contribution in [2.75, 3.05) is 25.0 Å². The van der Waals surface area contributed by atoms with Crippen molar-refractivity contribution >= 4 is 11.6 Å². The van der Waals surface area contributed by atoms with Gasteiger partial charge >= 0.3 is 0 Å². The molecule has 5 heteroatoms. The summed E-state index contributed by atoms with van der Waals surface area (Å²) in [5.74, 6) is 1.59. The molecule has 0 unspecified atom stereocenters. The summed E-state index contributed by atoms with van der Waals surface area (Å²) < 4.78 is 2.09. The molecule has 2 aromatic rings. The van der Waals surface area contributed by atoms with Crippen LogP contribution in [0.25, 0.3) is 0 Å². The van der Waals surface area contributed by atoms with Crippen LogP contribution in [0.5, 0.6) is 0 Å². The second-order valence-electron chi connectivity index (χ2n) is 6.60. The van der Waals surface area contributed by atoms with E-state index in [0.717, 1.165) is 31.0 Å². The van der Waals surface area contributed by atoms with Gasteiger partial charge in [0.2, 0.25) is 0 Å². The van der Waals surface area contributed by atoms with Crippen LogP contribution in [0.1, 0.15) is 36.5 Å². The number of anilines is 1. The fourth-order valence-electron chi connectivity index (χ4n) is 2.71. The molecule has 1 aromatic carbocycles. The summed E-state index contributed by atoms with van der Waals surface area (Å²) in [6.07, 6.45) is 4.65. The van der Waals surface area contributed by atoms with Crippen LogP contribution in [0, 0.1) is 12.8 Å². The van der Waals surface area contributed by atoms with Crippen LogP contribution in [0.3, 0.4) is 0 Å². The van der Waals surface area contributed by atoms with Gasteiger partial charge in [0.15, 0.2) is 0 Å². The Morgan fingerprint density at radius 2 is 2.00 bits per heavy atom. The van der Waals surface area contributed by atoms with E-state index in [1.807, 2.05) is 37.4 Å². The molecule has 0 radical (unpaired) electrons. The summed E-state index contributed by atoms with van der Waals surface area (Å²) in [6.45, 7) is 8.90. The van der Waals surface area contributed by atoms with Crippen LogP contribution in [0.15, 0.2) is 36.7 Å². The summed E-state index contributed by atoms with van der Waals surface area (Å²) >= 11 is 0. The summed E-state index contributed by atoms with van der Waals surface area (Å²) in [6, 6.07) is 7.79. The molecule has 1 aromatic heterocycles. The molecule has 0 saturated carbocycles. The first kappa shape index (κ1) is 18.0. The van der Waals surface area contributed by atoms with Crippen molar-refractivity contribution in [1.82, 2.24) is 14.9 Å². The van der Waals surface area contributed by atoms with Gasteiger partial charge in [-0.15, -0.1) is 0 Å². The molecule has 0 spiro atoms. The predicted molar refractivity (Wildman–Crippen MR) is 98.5 cm³/mol. The van der Waals surface area contributed by atoms with Gasteiger partial charge in [0.25, 0.3) is 5.91 Å². The molecule has 2 rings (SSSR count). The Labute approximate surface area is 144 Å². The van der Waals surface area contributed by atoms with E-state index in [1.165, 1.54) is 0 Å². The Kier molecular flexibility index (Phi) is 6.41. The third kappa shape index (κ3) is 5.11. The van der Waals surface area contributed by atoms with Gasteiger partial charge < -0.3 is 14.8 Å². The fourth-order valence-corrected chi connectivity index (χ4v) is 2.71. The molecule has 0 aliphatic carbocycles. The number of hydrogen-bond donors (Lipinski definition) is 1. The van der Waals surface area contributed by atoms with E-state index in [4.69, 9.17) is 0 Å². The summed E-state index contributed by atoms with van der Waals surface area (Å²) in [5.41, 5.74) is 1.84.